The molecule has 8 nitrogen and oxygen atoms in total. The molecule has 122 valence electrons. The van der Waals surface area contributed by atoms with Crippen molar-refractivity contribution in [2.45, 2.75) is 18.4 Å². The highest BCUT2D eigenvalue weighted by Gasteiger charge is 2.49. The largest absolute Gasteiger partial charge is 0.337 e. The summed E-state index contributed by atoms with van der Waals surface area (Å²) < 4.78 is 0. The number of piperidine rings is 1. The second-order valence-electron chi connectivity index (χ2n) is 6.10. The predicted molar refractivity (Wildman–Crippen MR) is 81.3 cm³/mol. The number of nitriles is 1. The van der Waals surface area contributed by atoms with Crippen LogP contribution in [0.25, 0.3) is 0 Å². The number of H-pyrrole nitrogens is 1. The van der Waals surface area contributed by atoms with Gasteiger partial charge in [0.05, 0.1) is 6.07 Å². The molecule has 0 bridgehead atoms. The third kappa shape index (κ3) is 2.57. The molecular formula is C15H20N6O2. The van der Waals surface area contributed by atoms with E-state index in [0.717, 1.165) is 6.54 Å². The summed E-state index contributed by atoms with van der Waals surface area (Å²) in [5.41, 5.74) is -0.116. The minimum Gasteiger partial charge on any atom is -0.337 e. The highest BCUT2D eigenvalue weighted by atomic mass is 16.2. The van der Waals surface area contributed by atoms with Crippen molar-refractivity contribution in [3.63, 3.8) is 0 Å². The Bertz CT molecular complexity index is 627. The third-order valence-corrected chi connectivity index (χ3v) is 4.99. The molecule has 3 heterocycles. The first-order valence-corrected chi connectivity index (χ1v) is 7.75. The SMILES string of the molecule is CN1CCN(CC#N)C(=O)C12CCN(C(=O)c1ccn[nH]1)CC2. The Labute approximate surface area is 134 Å². The Morgan fingerprint density at radius 3 is 2.74 bits per heavy atom. The fourth-order valence-electron chi connectivity index (χ4n) is 3.50. The van der Waals surface area contributed by atoms with Crippen molar-refractivity contribution in [2.75, 3.05) is 39.8 Å². The molecule has 1 aromatic rings. The number of likely N-dealkylation sites (N-methyl/N-ethyl adjacent to an activating group) is 1. The molecule has 0 aromatic carbocycles. The summed E-state index contributed by atoms with van der Waals surface area (Å²) in [4.78, 5) is 30.7. The standard InChI is InChI=1S/C15H20N6O2/c1-19-10-11-21(9-5-16)14(23)15(19)3-7-20(8-4-15)13(22)12-2-6-17-18-12/h2,6H,3-4,7-11H2,1H3,(H,17,18). The van der Waals surface area contributed by atoms with E-state index in [9.17, 15) is 9.59 Å². The first kappa shape index (κ1) is 15.5. The van der Waals surface area contributed by atoms with Crippen LogP contribution >= 0.6 is 0 Å². The summed E-state index contributed by atoms with van der Waals surface area (Å²) in [6, 6.07) is 3.71. The Balaban J connectivity index is 1.72. The van der Waals surface area contributed by atoms with Crippen molar-refractivity contribution in [1.29, 1.82) is 5.26 Å². The maximum atomic E-state index is 12.8. The Morgan fingerprint density at radius 2 is 2.13 bits per heavy atom. The Morgan fingerprint density at radius 1 is 1.39 bits per heavy atom. The molecule has 2 amide bonds. The van der Waals surface area contributed by atoms with Gasteiger partial charge in [0, 0.05) is 32.4 Å². The third-order valence-electron chi connectivity index (χ3n) is 4.99. The van der Waals surface area contributed by atoms with Gasteiger partial charge in [-0.3, -0.25) is 19.6 Å². The van der Waals surface area contributed by atoms with Gasteiger partial charge in [-0.05, 0) is 26.0 Å². The van der Waals surface area contributed by atoms with Gasteiger partial charge in [0.25, 0.3) is 5.91 Å². The highest BCUT2D eigenvalue weighted by Crippen LogP contribution is 2.33. The topological polar surface area (TPSA) is 96.3 Å². The second kappa shape index (κ2) is 6.01. The number of hydrogen-bond acceptors (Lipinski definition) is 5. The molecule has 23 heavy (non-hydrogen) atoms. The van der Waals surface area contributed by atoms with Crippen molar-refractivity contribution >= 4 is 11.8 Å². The van der Waals surface area contributed by atoms with Crippen molar-refractivity contribution in [3.8, 4) is 6.07 Å². The number of aromatic amines is 1. The quantitative estimate of drug-likeness (QED) is 0.755. The lowest BCUT2D eigenvalue weighted by Crippen LogP contribution is -2.68. The highest BCUT2D eigenvalue weighted by molar-refractivity contribution is 5.93. The monoisotopic (exact) mass is 316 g/mol. The van der Waals surface area contributed by atoms with E-state index in [1.807, 2.05) is 7.05 Å². The van der Waals surface area contributed by atoms with Crippen LogP contribution in [-0.2, 0) is 4.79 Å². The number of carbonyl (C=O) groups excluding carboxylic acids is 2. The molecule has 1 spiro atoms. The maximum Gasteiger partial charge on any atom is 0.271 e. The van der Waals surface area contributed by atoms with E-state index in [0.29, 0.717) is 38.2 Å². The maximum absolute atomic E-state index is 12.8. The van der Waals surface area contributed by atoms with Gasteiger partial charge < -0.3 is 9.80 Å². The minimum absolute atomic E-state index is 0.0152. The van der Waals surface area contributed by atoms with Gasteiger partial charge in [0.15, 0.2) is 0 Å². The van der Waals surface area contributed by atoms with Gasteiger partial charge in [-0.25, -0.2) is 0 Å². The van der Waals surface area contributed by atoms with E-state index >= 15 is 0 Å². The Kier molecular flexibility index (Phi) is 4.05. The summed E-state index contributed by atoms with van der Waals surface area (Å²) in [5, 5.41) is 15.4. The normalized spacial score (nSPS) is 21.5. The molecule has 3 rings (SSSR count). The van der Waals surface area contributed by atoms with Crippen molar-refractivity contribution < 1.29 is 9.59 Å². The summed E-state index contributed by atoms with van der Waals surface area (Å²) in [6.07, 6.45) is 2.73. The molecule has 8 heteroatoms. The van der Waals surface area contributed by atoms with Gasteiger partial charge in [0.1, 0.15) is 17.8 Å². The van der Waals surface area contributed by atoms with Crippen molar-refractivity contribution in [3.05, 3.63) is 18.0 Å². The lowest BCUT2D eigenvalue weighted by molar-refractivity contribution is -0.152. The van der Waals surface area contributed by atoms with Crippen LogP contribution in [0, 0.1) is 11.3 Å². The Hall–Kier alpha value is -2.40. The molecule has 1 N–H and O–H groups in total. The number of piperazine rings is 1. The molecule has 2 aliphatic heterocycles. The zero-order chi connectivity index (χ0) is 16.4. The smallest absolute Gasteiger partial charge is 0.271 e. The van der Waals surface area contributed by atoms with Crippen LogP contribution < -0.4 is 0 Å². The number of amides is 2. The number of likely N-dealkylation sites (tertiary alicyclic amines) is 1. The number of hydrogen-bond donors (Lipinski definition) is 1. The van der Waals surface area contributed by atoms with Gasteiger partial charge in [0.2, 0.25) is 5.91 Å². The first-order valence-electron chi connectivity index (χ1n) is 7.75. The van der Waals surface area contributed by atoms with Crippen molar-refractivity contribution in [1.82, 2.24) is 24.9 Å². The number of aromatic nitrogens is 2. The van der Waals surface area contributed by atoms with Crippen LogP contribution in [-0.4, -0.2) is 82.0 Å². The molecule has 2 aliphatic rings. The molecular weight excluding hydrogens is 296 g/mol. The van der Waals surface area contributed by atoms with E-state index in [4.69, 9.17) is 5.26 Å². The minimum atomic E-state index is -0.583. The summed E-state index contributed by atoms with van der Waals surface area (Å²) in [7, 11) is 1.95. The van der Waals surface area contributed by atoms with Crippen LogP contribution in [0.4, 0.5) is 0 Å². The fourth-order valence-corrected chi connectivity index (χ4v) is 3.50. The van der Waals surface area contributed by atoms with E-state index in [1.54, 1.807) is 22.1 Å². The van der Waals surface area contributed by atoms with E-state index < -0.39 is 5.54 Å². The van der Waals surface area contributed by atoms with Crippen molar-refractivity contribution in [2.24, 2.45) is 0 Å². The van der Waals surface area contributed by atoms with Crippen LogP contribution in [0.15, 0.2) is 12.3 Å². The van der Waals surface area contributed by atoms with Crippen LogP contribution in [0.1, 0.15) is 23.3 Å². The summed E-state index contributed by atoms with van der Waals surface area (Å²) >= 11 is 0. The molecule has 2 saturated heterocycles. The molecule has 0 atom stereocenters. The van der Waals surface area contributed by atoms with Crippen LogP contribution in [0.5, 0.6) is 0 Å². The molecule has 1 aromatic heterocycles. The van der Waals surface area contributed by atoms with Gasteiger partial charge in [-0.1, -0.05) is 0 Å². The van der Waals surface area contributed by atoms with E-state index in [1.165, 1.54) is 0 Å². The fraction of sp³-hybridized carbons (Fsp3) is 0.600. The van der Waals surface area contributed by atoms with Gasteiger partial charge in [-0.2, -0.15) is 10.4 Å². The second-order valence-corrected chi connectivity index (χ2v) is 6.10. The zero-order valence-corrected chi connectivity index (χ0v) is 13.2. The molecule has 0 saturated carbocycles. The van der Waals surface area contributed by atoms with Gasteiger partial charge in [-0.15, -0.1) is 0 Å². The number of nitrogens with one attached hydrogen (secondary N) is 1. The summed E-state index contributed by atoms with van der Waals surface area (Å²) in [5.74, 6) is -0.0708. The molecule has 0 unspecified atom stereocenters. The van der Waals surface area contributed by atoms with E-state index in [-0.39, 0.29) is 18.4 Å². The molecule has 0 aliphatic carbocycles. The number of rotatable bonds is 2. The number of nitrogens with zero attached hydrogens (tertiary/aromatic N) is 5. The average molecular weight is 316 g/mol. The number of carbonyl (C=O) groups is 2. The van der Waals surface area contributed by atoms with E-state index in [2.05, 4.69) is 21.2 Å². The van der Waals surface area contributed by atoms with Crippen LogP contribution in [0.2, 0.25) is 0 Å². The van der Waals surface area contributed by atoms with Crippen LogP contribution in [0.3, 0.4) is 0 Å². The predicted octanol–water partition coefficient (Wildman–Crippen LogP) is -0.318. The lowest BCUT2D eigenvalue weighted by atomic mass is 9.82. The lowest BCUT2D eigenvalue weighted by Gasteiger charge is -2.51. The zero-order valence-electron chi connectivity index (χ0n) is 13.2. The molecule has 0 radical (unpaired) electrons. The molecule has 2 fully saturated rings. The van der Waals surface area contributed by atoms with Gasteiger partial charge >= 0.3 is 0 Å². The average Bonchev–Trinajstić information content (AvgIpc) is 3.10. The first-order chi connectivity index (χ1) is 11.1. The summed E-state index contributed by atoms with van der Waals surface area (Å²) in [6.45, 7) is 2.51.